The van der Waals surface area contributed by atoms with E-state index in [0.717, 1.165) is 11.3 Å². The summed E-state index contributed by atoms with van der Waals surface area (Å²) in [5.41, 5.74) is 2.39. The molecule has 1 heterocycles. The van der Waals surface area contributed by atoms with Gasteiger partial charge in [0.15, 0.2) is 0 Å². The number of ether oxygens (including phenoxy) is 2. The molecule has 0 saturated carbocycles. The summed E-state index contributed by atoms with van der Waals surface area (Å²) >= 11 is 7.26. The summed E-state index contributed by atoms with van der Waals surface area (Å²) in [6, 6.07) is 7.08. The van der Waals surface area contributed by atoms with Crippen LogP contribution in [-0.4, -0.2) is 38.7 Å². The van der Waals surface area contributed by atoms with E-state index in [4.69, 9.17) is 21.1 Å². The van der Waals surface area contributed by atoms with Crippen LogP contribution in [-0.2, 0) is 10.0 Å². The lowest BCUT2D eigenvalue weighted by molar-refractivity contribution is 0.102. The topological polar surface area (TPSA) is 120 Å². The van der Waals surface area contributed by atoms with Crippen molar-refractivity contribution in [2.45, 2.75) is 11.8 Å². The number of carbonyl (C=O) groups is 1. The Kier molecular flexibility index (Phi) is 6.44. The summed E-state index contributed by atoms with van der Waals surface area (Å²) in [5.74, 6) is 0.0648. The number of carbonyl (C=O) groups excluding carboxylic acids is 1. The van der Waals surface area contributed by atoms with E-state index in [-0.39, 0.29) is 26.9 Å². The first-order chi connectivity index (χ1) is 14.2. The highest BCUT2D eigenvalue weighted by Gasteiger charge is 2.21. The first kappa shape index (κ1) is 21.8. The molecule has 12 heteroatoms. The number of amides is 1. The SMILES string of the molecule is COc1cc(OC)c(NS(=O)(=O)c2ccc(C)c(C(=O)Nc3nncs3)c2)cc1Cl. The van der Waals surface area contributed by atoms with Gasteiger partial charge in [-0.1, -0.05) is 29.0 Å². The molecule has 2 N–H and O–H groups in total. The molecule has 0 radical (unpaired) electrons. The molecule has 0 spiro atoms. The van der Waals surface area contributed by atoms with Crippen LogP contribution in [0.4, 0.5) is 10.8 Å². The molecule has 0 aliphatic heterocycles. The largest absolute Gasteiger partial charge is 0.495 e. The first-order valence-corrected chi connectivity index (χ1v) is 11.1. The van der Waals surface area contributed by atoms with Gasteiger partial charge in [-0.2, -0.15) is 0 Å². The van der Waals surface area contributed by atoms with Crippen molar-refractivity contribution >= 4 is 49.7 Å². The molecule has 30 heavy (non-hydrogen) atoms. The molecular weight excluding hydrogens is 452 g/mol. The van der Waals surface area contributed by atoms with Crippen LogP contribution < -0.4 is 19.5 Å². The fourth-order valence-corrected chi connectivity index (χ4v) is 4.32. The second-order valence-electron chi connectivity index (χ2n) is 5.97. The average molecular weight is 469 g/mol. The molecule has 158 valence electrons. The zero-order valence-electron chi connectivity index (χ0n) is 16.1. The number of halogens is 1. The maximum atomic E-state index is 12.9. The quantitative estimate of drug-likeness (QED) is 0.543. The van der Waals surface area contributed by atoms with E-state index in [1.165, 1.54) is 44.0 Å². The normalized spacial score (nSPS) is 11.1. The van der Waals surface area contributed by atoms with E-state index in [9.17, 15) is 13.2 Å². The predicted octanol–water partition coefficient (Wildman–Crippen LogP) is 3.57. The van der Waals surface area contributed by atoms with Crippen LogP contribution in [0, 0.1) is 6.92 Å². The molecule has 1 aromatic heterocycles. The highest BCUT2D eigenvalue weighted by molar-refractivity contribution is 7.92. The van der Waals surface area contributed by atoms with Crippen molar-refractivity contribution in [1.82, 2.24) is 10.2 Å². The van der Waals surface area contributed by atoms with E-state index in [2.05, 4.69) is 20.2 Å². The zero-order valence-corrected chi connectivity index (χ0v) is 18.5. The monoisotopic (exact) mass is 468 g/mol. The van der Waals surface area contributed by atoms with Crippen LogP contribution >= 0.6 is 22.9 Å². The van der Waals surface area contributed by atoms with E-state index in [0.29, 0.717) is 16.4 Å². The Hall–Kier alpha value is -2.89. The molecule has 0 aliphatic rings. The molecule has 0 unspecified atom stereocenters. The third-order valence-corrected chi connectivity index (χ3v) is 6.33. The number of nitrogens with one attached hydrogen (secondary N) is 2. The van der Waals surface area contributed by atoms with Gasteiger partial charge in [-0.25, -0.2) is 8.42 Å². The molecule has 2 aromatic carbocycles. The summed E-state index contributed by atoms with van der Waals surface area (Å²) in [5, 5.41) is 10.5. The Balaban J connectivity index is 1.93. The van der Waals surface area contributed by atoms with Gasteiger partial charge in [0.1, 0.15) is 17.0 Å². The molecule has 9 nitrogen and oxygen atoms in total. The maximum absolute atomic E-state index is 12.9. The number of aromatic nitrogens is 2. The number of methoxy groups -OCH3 is 2. The van der Waals surface area contributed by atoms with Crippen LogP contribution in [0.3, 0.4) is 0 Å². The fourth-order valence-electron chi connectivity index (χ4n) is 2.55. The van der Waals surface area contributed by atoms with Crippen LogP contribution in [0.15, 0.2) is 40.7 Å². The van der Waals surface area contributed by atoms with Gasteiger partial charge in [0.25, 0.3) is 15.9 Å². The molecule has 3 aromatic rings. The van der Waals surface area contributed by atoms with Gasteiger partial charge in [0, 0.05) is 11.6 Å². The lowest BCUT2D eigenvalue weighted by Crippen LogP contribution is -2.17. The molecule has 3 rings (SSSR count). The van der Waals surface area contributed by atoms with Gasteiger partial charge in [-0.15, -0.1) is 10.2 Å². The summed E-state index contributed by atoms with van der Waals surface area (Å²) < 4.78 is 38.7. The highest BCUT2D eigenvalue weighted by Crippen LogP contribution is 2.37. The fraction of sp³-hybridized carbons (Fsp3) is 0.167. The predicted molar refractivity (Wildman–Crippen MR) is 114 cm³/mol. The minimum absolute atomic E-state index is 0.107. The smallest absolute Gasteiger partial charge is 0.262 e. The number of rotatable bonds is 7. The average Bonchev–Trinajstić information content (AvgIpc) is 3.21. The number of aryl methyl sites for hydroxylation is 1. The molecule has 1 amide bonds. The number of benzene rings is 2. The molecule has 0 saturated heterocycles. The molecule has 0 bridgehead atoms. The second-order valence-corrected chi connectivity index (χ2v) is 8.89. The number of anilines is 2. The van der Waals surface area contributed by atoms with Crippen LogP contribution in [0.1, 0.15) is 15.9 Å². The van der Waals surface area contributed by atoms with Crippen molar-refractivity contribution < 1.29 is 22.7 Å². The van der Waals surface area contributed by atoms with Crippen molar-refractivity contribution in [2.75, 3.05) is 24.3 Å². The Morgan fingerprint density at radius 1 is 1.13 bits per heavy atom. The van der Waals surface area contributed by atoms with Crippen LogP contribution in [0.25, 0.3) is 0 Å². The minimum atomic E-state index is -4.05. The first-order valence-electron chi connectivity index (χ1n) is 8.37. The van der Waals surface area contributed by atoms with E-state index >= 15 is 0 Å². The van der Waals surface area contributed by atoms with Crippen molar-refractivity contribution in [1.29, 1.82) is 0 Å². The molecule has 0 aliphatic carbocycles. The van der Waals surface area contributed by atoms with Gasteiger partial charge in [0.05, 0.1) is 29.8 Å². The second kappa shape index (κ2) is 8.86. The van der Waals surface area contributed by atoms with Gasteiger partial charge in [-0.3, -0.25) is 14.8 Å². The van der Waals surface area contributed by atoms with Gasteiger partial charge in [0.2, 0.25) is 5.13 Å². The Morgan fingerprint density at radius 2 is 1.87 bits per heavy atom. The van der Waals surface area contributed by atoms with Crippen LogP contribution in [0.2, 0.25) is 5.02 Å². The lowest BCUT2D eigenvalue weighted by atomic mass is 10.1. The van der Waals surface area contributed by atoms with Gasteiger partial charge >= 0.3 is 0 Å². The molecule has 0 fully saturated rings. The van der Waals surface area contributed by atoms with Crippen LogP contribution in [0.5, 0.6) is 11.5 Å². The van der Waals surface area contributed by atoms with E-state index in [1.54, 1.807) is 13.0 Å². The number of hydrogen-bond acceptors (Lipinski definition) is 8. The van der Waals surface area contributed by atoms with Gasteiger partial charge < -0.3 is 9.47 Å². The third-order valence-electron chi connectivity index (χ3n) is 4.06. The van der Waals surface area contributed by atoms with Gasteiger partial charge in [-0.05, 0) is 30.7 Å². The van der Waals surface area contributed by atoms with Crippen molar-refractivity contribution in [2.24, 2.45) is 0 Å². The zero-order chi connectivity index (χ0) is 21.9. The number of nitrogens with zero attached hydrogens (tertiary/aromatic N) is 2. The summed E-state index contributed by atoms with van der Waals surface area (Å²) in [4.78, 5) is 12.4. The van der Waals surface area contributed by atoms with Crippen molar-refractivity contribution in [3.8, 4) is 11.5 Å². The summed E-state index contributed by atoms with van der Waals surface area (Å²) in [6.45, 7) is 1.70. The summed E-state index contributed by atoms with van der Waals surface area (Å²) in [7, 11) is -1.23. The van der Waals surface area contributed by atoms with E-state index < -0.39 is 15.9 Å². The van der Waals surface area contributed by atoms with Crippen molar-refractivity contribution in [3.63, 3.8) is 0 Å². The van der Waals surface area contributed by atoms with Crippen molar-refractivity contribution in [3.05, 3.63) is 52.0 Å². The number of sulfonamides is 1. The maximum Gasteiger partial charge on any atom is 0.262 e. The summed E-state index contributed by atoms with van der Waals surface area (Å²) in [6.07, 6.45) is 0. The molecule has 0 atom stereocenters. The highest BCUT2D eigenvalue weighted by atomic mass is 35.5. The Morgan fingerprint density at radius 3 is 2.50 bits per heavy atom. The Bertz CT molecular complexity index is 1180. The molecular formula is C18H17ClN4O5S2. The Labute approximate surface area is 182 Å². The van der Waals surface area contributed by atoms with E-state index in [1.807, 2.05) is 0 Å². The third kappa shape index (κ3) is 4.64. The minimum Gasteiger partial charge on any atom is -0.495 e. The lowest BCUT2D eigenvalue weighted by Gasteiger charge is -2.15. The number of hydrogen-bond donors (Lipinski definition) is 2. The standard InChI is InChI=1S/C18H17ClN4O5S2/c1-10-4-5-11(6-12(10)17(24)21-18-22-20-9-29-18)30(25,26)23-14-7-13(19)15(27-2)8-16(14)28-3/h4-9,23H,1-3H3,(H,21,22,24).